The highest BCUT2D eigenvalue weighted by Gasteiger charge is 2.25. The summed E-state index contributed by atoms with van der Waals surface area (Å²) in [5, 5.41) is 12.3. The average molecular weight is 460 g/mol. The number of piperidine rings is 1. The van der Waals surface area contributed by atoms with Crippen molar-refractivity contribution in [3.8, 4) is 11.5 Å². The van der Waals surface area contributed by atoms with E-state index >= 15 is 0 Å². The van der Waals surface area contributed by atoms with Crippen molar-refractivity contribution in [2.75, 3.05) is 31.6 Å². The average Bonchev–Trinajstić information content (AvgIpc) is 2.80. The topological polar surface area (TPSA) is 108 Å². The van der Waals surface area contributed by atoms with E-state index in [4.69, 9.17) is 9.84 Å². The van der Waals surface area contributed by atoms with Crippen LogP contribution in [0.4, 0.5) is 10.2 Å². The Hall–Kier alpha value is -3.27. The van der Waals surface area contributed by atoms with Gasteiger partial charge in [0.1, 0.15) is 17.9 Å². The Balaban J connectivity index is 1.75. The first-order valence-electron chi connectivity index (χ1n) is 11.1. The molecule has 3 rings (SSSR count). The van der Waals surface area contributed by atoms with Crippen molar-refractivity contribution in [1.29, 1.82) is 0 Å². The Morgan fingerprint density at radius 1 is 1.30 bits per heavy atom. The Morgan fingerprint density at radius 3 is 2.67 bits per heavy atom. The van der Waals surface area contributed by atoms with Gasteiger partial charge in [-0.3, -0.25) is 14.5 Å². The monoisotopic (exact) mass is 459 g/mol. The number of ether oxygens (including phenoxy) is 1. The molecule has 1 saturated heterocycles. The van der Waals surface area contributed by atoms with E-state index < -0.39 is 11.8 Å². The Bertz CT molecular complexity index is 979. The number of aliphatic carboxylic acids is 1. The van der Waals surface area contributed by atoms with Crippen LogP contribution >= 0.6 is 0 Å². The number of nitrogens with one attached hydrogen (secondary N) is 1. The minimum Gasteiger partial charge on any atom is -0.481 e. The Labute approximate surface area is 192 Å². The van der Waals surface area contributed by atoms with Gasteiger partial charge in [-0.15, -0.1) is 0 Å². The van der Waals surface area contributed by atoms with Gasteiger partial charge in [0.25, 0.3) is 5.91 Å². The number of hydrogen-bond acceptors (Lipinski definition) is 7. The maximum absolute atomic E-state index is 14.0. The third-order valence-electron chi connectivity index (χ3n) is 5.70. The number of aromatic nitrogens is 2. The van der Waals surface area contributed by atoms with E-state index in [9.17, 15) is 14.0 Å². The highest BCUT2D eigenvalue weighted by Crippen LogP contribution is 2.31. The molecule has 10 heteroatoms. The van der Waals surface area contributed by atoms with Crippen molar-refractivity contribution in [2.24, 2.45) is 5.92 Å². The number of carboxylic acid groups (broad SMARTS) is 1. The lowest BCUT2D eigenvalue weighted by Crippen LogP contribution is -2.39. The molecule has 0 bridgehead atoms. The number of amides is 1. The lowest BCUT2D eigenvalue weighted by atomic mass is 9.97. The highest BCUT2D eigenvalue weighted by atomic mass is 19.1. The molecule has 1 aromatic carbocycles. The number of rotatable bonds is 9. The Kier molecular flexibility index (Phi) is 8.16. The maximum atomic E-state index is 14.0. The van der Waals surface area contributed by atoms with Crippen LogP contribution < -0.4 is 10.1 Å². The third-order valence-corrected chi connectivity index (χ3v) is 5.70. The predicted molar refractivity (Wildman–Crippen MR) is 121 cm³/mol. The lowest BCUT2D eigenvalue weighted by Gasteiger charge is -2.30. The number of carboxylic acids is 1. The van der Waals surface area contributed by atoms with Gasteiger partial charge in [-0.2, -0.15) is 0 Å². The van der Waals surface area contributed by atoms with Gasteiger partial charge in [0, 0.05) is 25.7 Å². The quantitative estimate of drug-likeness (QED) is 0.587. The molecule has 9 nitrogen and oxygen atoms in total. The summed E-state index contributed by atoms with van der Waals surface area (Å²) in [5.74, 6) is -0.983. The molecule has 33 heavy (non-hydrogen) atoms. The van der Waals surface area contributed by atoms with Crippen molar-refractivity contribution in [3.63, 3.8) is 0 Å². The fraction of sp³-hybridized carbons (Fsp3) is 0.478. The number of carbonyl (C=O) groups is 2. The summed E-state index contributed by atoms with van der Waals surface area (Å²) >= 11 is 0. The number of nitrogens with zero attached hydrogens (tertiary/aromatic N) is 4. The van der Waals surface area contributed by atoms with Crippen LogP contribution in [0.5, 0.6) is 11.5 Å². The molecule has 0 saturated carbocycles. The first-order valence-corrected chi connectivity index (χ1v) is 11.1. The zero-order valence-electron chi connectivity index (χ0n) is 19.1. The van der Waals surface area contributed by atoms with Crippen LogP contribution in [0, 0.1) is 11.7 Å². The van der Waals surface area contributed by atoms with E-state index in [0.717, 1.165) is 0 Å². The van der Waals surface area contributed by atoms with E-state index in [0.29, 0.717) is 50.7 Å². The molecule has 2 heterocycles. The van der Waals surface area contributed by atoms with Crippen molar-refractivity contribution in [3.05, 3.63) is 42.1 Å². The van der Waals surface area contributed by atoms with E-state index in [1.807, 2.05) is 20.8 Å². The maximum Gasteiger partial charge on any atom is 0.306 e. The van der Waals surface area contributed by atoms with Gasteiger partial charge >= 0.3 is 5.97 Å². The molecule has 2 aromatic rings. The van der Waals surface area contributed by atoms with Crippen LogP contribution in [0.3, 0.4) is 0 Å². The number of hydrogen-bond donors (Lipinski definition) is 2. The number of halogens is 1. The van der Waals surface area contributed by atoms with E-state index in [-0.39, 0.29) is 29.2 Å². The van der Waals surface area contributed by atoms with Crippen LogP contribution in [-0.2, 0) is 4.79 Å². The smallest absolute Gasteiger partial charge is 0.306 e. The molecule has 0 radical (unpaired) electrons. The third kappa shape index (κ3) is 6.16. The summed E-state index contributed by atoms with van der Waals surface area (Å²) in [6.07, 6.45) is 4.04. The first-order chi connectivity index (χ1) is 15.8. The predicted octanol–water partition coefficient (Wildman–Crippen LogP) is 3.44. The second kappa shape index (κ2) is 11.0. The van der Waals surface area contributed by atoms with Crippen molar-refractivity contribution in [1.82, 2.24) is 19.8 Å². The van der Waals surface area contributed by atoms with Crippen LogP contribution in [0.2, 0.25) is 0 Å². The molecule has 0 atom stereocenters. The molecule has 1 aliphatic heterocycles. The van der Waals surface area contributed by atoms with Crippen LogP contribution in [0.1, 0.15) is 44.0 Å². The van der Waals surface area contributed by atoms with Gasteiger partial charge in [0.2, 0.25) is 0 Å². The second-order valence-corrected chi connectivity index (χ2v) is 8.23. The minimum absolute atomic E-state index is 0.0545. The van der Waals surface area contributed by atoms with Gasteiger partial charge in [-0.25, -0.2) is 14.4 Å². The molecule has 178 valence electrons. The van der Waals surface area contributed by atoms with Gasteiger partial charge in [0.05, 0.1) is 24.3 Å². The van der Waals surface area contributed by atoms with E-state index in [1.165, 1.54) is 30.7 Å². The summed E-state index contributed by atoms with van der Waals surface area (Å²) in [6, 6.07) is 3.78. The molecular formula is C23H30FN5O4. The van der Waals surface area contributed by atoms with Gasteiger partial charge in [0.15, 0.2) is 11.6 Å². The summed E-state index contributed by atoms with van der Waals surface area (Å²) in [4.78, 5) is 36.2. The standard InChI is InChI=1S/C23H30FN5O4/c1-4-29(15(2)3)22(30)18-11-17(24)5-6-19(18)33-20-12-25-13-26-21(20)27-14-28-9-7-16(8-10-28)23(31)32/h5-6,11-13,15-16H,4,7-10,14H2,1-3H3,(H,31,32)(H,25,26,27). The summed E-state index contributed by atoms with van der Waals surface area (Å²) in [5.41, 5.74) is 0.121. The summed E-state index contributed by atoms with van der Waals surface area (Å²) < 4.78 is 20.0. The molecule has 0 spiro atoms. The molecule has 0 unspecified atom stereocenters. The number of anilines is 1. The normalized spacial score (nSPS) is 14.8. The molecule has 0 aliphatic carbocycles. The molecule has 1 aromatic heterocycles. The van der Waals surface area contributed by atoms with Gasteiger partial charge in [-0.1, -0.05) is 0 Å². The number of carbonyl (C=O) groups excluding carboxylic acids is 1. The van der Waals surface area contributed by atoms with Gasteiger partial charge < -0.3 is 20.1 Å². The minimum atomic E-state index is -0.752. The van der Waals surface area contributed by atoms with Crippen LogP contribution in [0.15, 0.2) is 30.7 Å². The first kappa shape index (κ1) is 24.4. The summed E-state index contributed by atoms with van der Waals surface area (Å²) in [6.45, 7) is 7.90. The largest absolute Gasteiger partial charge is 0.481 e. The zero-order chi connectivity index (χ0) is 24.0. The second-order valence-electron chi connectivity index (χ2n) is 8.23. The number of benzene rings is 1. The van der Waals surface area contributed by atoms with E-state index in [1.54, 1.807) is 4.90 Å². The Morgan fingerprint density at radius 2 is 2.03 bits per heavy atom. The molecule has 1 amide bonds. The van der Waals surface area contributed by atoms with Crippen LogP contribution in [-0.4, -0.2) is 69.1 Å². The molecule has 2 N–H and O–H groups in total. The van der Waals surface area contributed by atoms with Crippen molar-refractivity contribution in [2.45, 2.75) is 39.7 Å². The lowest BCUT2D eigenvalue weighted by molar-refractivity contribution is -0.143. The zero-order valence-corrected chi connectivity index (χ0v) is 19.1. The van der Waals surface area contributed by atoms with Crippen LogP contribution in [0.25, 0.3) is 0 Å². The highest BCUT2D eigenvalue weighted by molar-refractivity contribution is 5.97. The van der Waals surface area contributed by atoms with Gasteiger partial charge in [-0.05, 0) is 51.8 Å². The van der Waals surface area contributed by atoms with Crippen molar-refractivity contribution >= 4 is 17.7 Å². The van der Waals surface area contributed by atoms with Crippen molar-refractivity contribution < 1.29 is 23.8 Å². The molecule has 1 aliphatic rings. The summed E-state index contributed by atoms with van der Waals surface area (Å²) in [7, 11) is 0. The van der Waals surface area contributed by atoms with E-state index in [2.05, 4.69) is 20.2 Å². The SMILES string of the molecule is CCN(C(=O)c1cc(F)ccc1Oc1cncnc1NCN1CCC(C(=O)O)CC1)C(C)C. The number of likely N-dealkylation sites (tertiary alicyclic amines) is 1. The molecular weight excluding hydrogens is 429 g/mol. The molecule has 1 fully saturated rings. The fourth-order valence-electron chi connectivity index (χ4n) is 3.82. The fourth-order valence-corrected chi connectivity index (χ4v) is 3.82.